The summed E-state index contributed by atoms with van der Waals surface area (Å²) in [6.45, 7) is 5.01. The van der Waals surface area contributed by atoms with E-state index >= 15 is 0 Å². The molecule has 1 aromatic rings. The molecule has 2 fully saturated rings. The van der Waals surface area contributed by atoms with E-state index in [2.05, 4.69) is 28.4 Å². The summed E-state index contributed by atoms with van der Waals surface area (Å²) in [5.74, 6) is 0.0996. The molecular formula is C18H26N2O2. The van der Waals surface area contributed by atoms with Gasteiger partial charge in [0, 0.05) is 18.6 Å². The third kappa shape index (κ3) is 4.08. The van der Waals surface area contributed by atoms with Crippen LogP contribution in [0.4, 0.5) is 0 Å². The fraction of sp³-hybridized carbons (Fsp3) is 0.611. The van der Waals surface area contributed by atoms with Crippen molar-refractivity contribution in [3.63, 3.8) is 0 Å². The van der Waals surface area contributed by atoms with Crippen LogP contribution in [-0.4, -0.2) is 41.1 Å². The Morgan fingerprint density at radius 1 is 1.32 bits per heavy atom. The predicted octanol–water partition coefficient (Wildman–Crippen LogP) is 2.08. The summed E-state index contributed by atoms with van der Waals surface area (Å²) in [5, 5.41) is 13.6. The first kappa shape index (κ1) is 15.5. The minimum absolute atomic E-state index is 0.0996. The van der Waals surface area contributed by atoms with Crippen LogP contribution in [0.25, 0.3) is 0 Å². The van der Waals surface area contributed by atoms with Crippen molar-refractivity contribution in [1.82, 2.24) is 10.2 Å². The van der Waals surface area contributed by atoms with E-state index in [9.17, 15) is 9.90 Å². The number of benzene rings is 1. The highest BCUT2D eigenvalue weighted by atomic mass is 16.3. The number of nitrogens with one attached hydrogen (secondary N) is 1. The molecule has 2 aliphatic carbocycles. The summed E-state index contributed by atoms with van der Waals surface area (Å²) in [5.41, 5.74) is 3.24. The first-order chi connectivity index (χ1) is 10.5. The molecule has 1 aromatic carbocycles. The van der Waals surface area contributed by atoms with Crippen LogP contribution in [0.15, 0.2) is 18.2 Å². The Morgan fingerprint density at radius 3 is 2.68 bits per heavy atom. The number of hydrogen-bond donors (Lipinski definition) is 2. The van der Waals surface area contributed by atoms with Crippen molar-refractivity contribution in [2.24, 2.45) is 0 Å². The van der Waals surface area contributed by atoms with Gasteiger partial charge >= 0.3 is 0 Å². The Hall–Kier alpha value is -1.39. The maximum absolute atomic E-state index is 12.0. The van der Waals surface area contributed by atoms with Crippen molar-refractivity contribution in [2.75, 3.05) is 13.1 Å². The molecule has 1 amide bonds. The van der Waals surface area contributed by atoms with E-state index in [-0.39, 0.29) is 5.91 Å². The third-order valence-electron chi connectivity index (χ3n) is 4.55. The fourth-order valence-corrected chi connectivity index (χ4v) is 2.91. The Kier molecular flexibility index (Phi) is 4.50. The molecule has 3 rings (SSSR count). The lowest BCUT2D eigenvalue weighted by molar-refractivity contribution is -0.122. The van der Waals surface area contributed by atoms with Crippen molar-refractivity contribution >= 4 is 5.91 Å². The molecule has 0 bridgehead atoms. The molecule has 0 unspecified atom stereocenters. The van der Waals surface area contributed by atoms with Gasteiger partial charge in [-0.15, -0.1) is 0 Å². The standard InChI is InChI=1S/C18H26N2O2/c1-12-3-4-13(2)16(9-12)17(21)10-20(15-7-8-15)11-18(22)19-14-5-6-14/h3-4,9,14-15,17,21H,5-8,10-11H2,1-2H3,(H,19,22)/t17-/m1/s1. The van der Waals surface area contributed by atoms with Gasteiger partial charge in [-0.1, -0.05) is 23.8 Å². The number of carbonyl (C=O) groups is 1. The molecule has 2 N–H and O–H groups in total. The Bertz CT molecular complexity index is 550. The Morgan fingerprint density at radius 2 is 2.05 bits per heavy atom. The highest BCUT2D eigenvalue weighted by Gasteiger charge is 2.33. The molecule has 22 heavy (non-hydrogen) atoms. The van der Waals surface area contributed by atoms with E-state index in [0.717, 1.165) is 42.4 Å². The van der Waals surface area contributed by atoms with Gasteiger partial charge in [-0.05, 0) is 50.7 Å². The largest absolute Gasteiger partial charge is 0.387 e. The molecular weight excluding hydrogens is 276 g/mol. The summed E-state index contributed by atoms with van der Waals surface area (Å²) in [6.07, 6.45) is 3.96. The first-order valence-electron chi connectivity index (χ1n) is 8.31. The van der Waals surface area contributed by atoms with Crippen molar-refractivity contribution < 1.29 is 9.90 Å². The van der Waals surface area contributed by atoms with Crippen molar-refractivity contribution in [3.05, 3.63) is 34.9 Å². The number of rotatable bonds is 7. The van der Waals surface area contributed by atoms with E-state index in [1.54, 1.807) is 0 Å². The van der Waals surface area contributed by atoms with Crippen LogP contribution in [-0.2, 0) is 4.79 Å². The minimum Gasteiger partial charge on any atom is -0.387 e. The van der Waals surface area contributed by atoms with E-state index in [4.69, 9.17) is 0 Å². The first-order valence-corrected chi connectivity index (χ1v) is 8.31. The average Bonchev–Trinajstić information content (AvgIpc) is 3.33. The second-order valence-electron chi connectivity index (χ2n) is 6.88. The second-order valence-corrected chi connectivity index (χ2v) is 6.88. The van der Waals surface area contributed by atoms with E-state index in [1.807, 2.05) is 13.8 Å². The van der Waals surface area contributed by atoms with Gasteiger partial charge in [0.05, 0.1) is 12.6 Å². The summed E-state index contributed by atoms with van der Waals surface area (Å²) >= 11 is 0. The number of aryl methyl sites for hydroxylation is 2. The van der Waals surface area contributed by atoms with Crippen LogP contribution in [0.2, 0.25) is 0 Å². The van der Waals surface area contributed by atoms with Crippen molar-refractivity contribution in [3.8, 4) is 0 Å². The Balaban J connectivity index is 1.62. The predicted molar refractivity (Wildman–Crippen MR) is 86.6 cm³/mol. The molecule has 2 aliphatic rings. The number of carbonyl (C=O) groups excluding carboxylic acids is 1. The van der Waals surface area contributed by atoms with Crippen LogP contribution in [0, 0.1) is 13.8 Å². The molecule has 0 aromatic heterocycles. The van der Waals surface area contributed by atoms with Crippen LogP contribution >= 0.6 is 0 Å². The smallest absolute Gasteiger partial charge is 0.234 e. The molecule has 2 saturated carbocycles. The van der Waals surface area contributed by atoms with Crippen LogP contribution in [0.5, 0.6) is 0 Å². The molecule has 120 valence electrons. The number of aliphatic hydroxyl groups excluding tert-OH is 1. The van der Waals surface area contributed by atoms with E-state index in [0.29, 0.717) is 25.2 Å². The van der Waals surface area contributed by atoms with E-state index < -0.39 is 6.10 Å². The lowest BCUT2D eigenvalue weighted by Gasteiger charge is -2.25. The highest BCUT2D eigenvalue weighted by molar-refractivity contribution is 5.78. The fourth-order valence-electron chi connectivity index (χ4n) is 2.91. The molecule has 0 spiro atoms. The molecule has 0 aliphatic heterocycles. The summed E-state index contributed by atoms with van der Waals surface area (Å²) < 4.78 is 0. The lowest BCUT2D eigenvalue weighted by atomic mass is 10.0. The van der Waals surface area contributed by atoms with Crippen LogP contribution in [0.3, 0.4) is 0 Å². The number of nitrogens with zero attached hydrogens (tertiary/aromatic N) is 1. The SMILES string of the molecule is Cc1ccc(C)c([C@H](O)CN(CC(=O)NC2CC2)C2CC2)c1. The quantitative estimate of drug-likeness (QED) is 0.811. The topological polar surface area (TPSA) is 52.6 Å². The molecule has 4 nitrogen and oxygen atoms in total. The van der Waals surface area contributed by atoms with Crippen LogP contribution in [0.1, 0.15) is 48.5 Å². The van der Waals surface area contributed by atoms with Gasteiger partial charge < -0.3 is 10.4 Å². The van der Waals surface area contributed by atoms with Gasteiger partial charge in [-0.25, -0.2) is 0 Å². The number of aliphatic hydroxyl groups is 1. The van der Waals surface area contributed by atoms with Crippen molar-refractivity contribution in [2.45, 2.75) is 57.7 Å². The van der Waals surface area contributed by atoms with Gasteiger partial charge in [0.2, 0.25) is 5.91 Å². The minimum atomic E-state index is -0.533. The number of hydrogen-bond acceptors (Lipinski definition) is 3. The summed E-state index contributed by atoms with van der Waals surface area (Å²) in [7, 11) is 0. The third-order valence-corrected chi connectivity index (χ3v) is 4.55. The summed E-state index contributed by atoms with van der Waals surface area (Å²) in [4.78, 5) is 14.2. The zero-order valence-electron chi connectivity index (χ0n) is 13.5. The molecule has 1 atom stereocenters. The van der Waals surface area contributed by atoms with Gasteiger partial charge in [0.15, 0.2) is 0 Å². The molecule has 0 radical (unpaired) electrons. The van der Waals surface area contributed by atoms with Gasteiger partial charge in [-0.3, -0.25) is 9.69 Å². The monoisotopic (exact) mass is 302 g/mol. The second kappa shape index (κ2) is 6.39. The zero-order chi connectivity index (χ0) is 15.7. The molecule has 0 saturated heterocycles. The Labute approximate surface area is 132 Å². The maximum atomic E-state index is 12.0. The average molecular weight is 302 g/mol. The highest BCUT2D eigenvalue weighted by Crippen LogP contribution is 2.29. The van der Waals surface area contributed by atoms with Gasteiger partial charge in [-0.2, -0.15) is 0 Å². The van der Waals surface area contributed by atoms with Crippen LogP contribution < -0.4 is 5.32 Å². The lowest BCUT2D eigenvalue weighted by Crippen LogP contribution is -2.41. The number of amides is 1. The summed E-state index contributed by atoms with van der Waals surface area (Å²) in [6, 6.07) is 7.03. The van der Waals surface area contributed by atoms with Gasteiger partial charge in [0.1, 0.15) is 0 Å². The molecule has 4 heteroatoms. The maximum Gasteiger partial charge on any atom is 0.234 e. The van der Waals surface area contributed by atoms with E-state index in [1.165, 1.54) is 0 Å². The van der Waals surface area contributed by atoms with Crippen molar-refractivity contribution in [1.29, 1.82) is 0 Å². The van der Waals surface area contributed by atoms with Gasteiger partial charge in [0.25, 0.3) is 0 Å². The zero-order valence-corrected chi connectivity index (χ0v) is 13.5. The molecule has 0 heterocycles. The normalized spacial score (nSPS) is 19.3.